The molecule has 0 atom stereocenters. The van der Waals surface area contributed by atoms with Crippen LogP contribution in [0.25, 0.3) is 0 Å². The average Bonchev–Trinajstić information content (AvgIpc) is 2.39. The van der Waals surface area contributed by atoms with Gasteiger partial charge >= 0.3 is 0 Å². The quantitative estimate of drug-likeness (QED) is 0.889. The number of nitrogens with zero attached hydrogens (tertiary/aromatic N) is 1. The number of carbonyl (C=O) groups is 1. The van der Waals surface area contributed by atoms with Gasteiger partial charge in [0.05, 0.1) is 19.0 Å². The van der Waals surface area contributed by atoms with Crippen LogP contribution in [0.1, 0.15) is 10.4 Å². The molecule has 0 spiro atoms. The highest BCUT2D eigenvalue weighted by atomic mass is 19.1. The molecule has 0 radical (unpaired) electrons. The van der Waals surface area contributed by atoms with E-state index in [-0.39, 0.29) is 0 Å². The minimum Gasteiger partial charge on any atom is -0.507 e. The van der Waals surface area contributed by atoms with E-state index >= 15 is 0 Å². The van der Waals surface area contributed by atoms with Crippen LogP contribution in [0.3, 0.4) is 0 Å². The van der Waals surface area contributed by atoms with E-state index in [1.54, 1.807) is 12.1 Å². The summed E-state index contributed by atoms with van der Waals surface area (Å²) in [6.45, 7) is 0. The Bertz CT molecular complexity index is 579. The van der Waals surface area contributed by atoms with Crippen molar-refractivity contribution in [2.75, 3.05) is 12.4 Å². The maximum Gasteiger partial charge on any atom is 0.262 e. The Kier molecular flexibility index (Phi) is 3.61. The van der Waals surface area contributed by atoms with E-state index in [1.165, 1.54) is 25.4 Å². The number of aromatic hydroxyl groups is 1. The Morgan fingerprint density at radius 3 is 2.74 bits per heavy atom. The fourth-order valence-corrected chi connectivity index (χ4v) is 1.51. The summed E-state index contributed by atoms with van der Waals surface area (Å²) in [5, 5.41) is 11.9. The number of hydrogen-bond acceptors (Lipinski definition) is 4. The molecule has 0 bridgehead atoms. The highest BCUT2D eigenvalue weighted by Gasteiger charge is 2.16. The lowest BCUT2D eigenvalue weighted by molar-refractivity contribution is 0.102. The zero-order valence-corrected chi connectivity index (χ0v) is 10.1. The van der Waals surface area contributed by atoms with Gasteiger partial charge in [0.2, 0.25) is 5.88 Å². The van der Waals surface area contributed by atoms with Gasteiger partial charge in [-0.25, -0.2) is 9.37 Å². The van der Waals surface area contributed by atoms with Crippen LogP contribution >= 0.6 is 0 Å². The fraction of sp³-hybridized carbons (Fsp3) is 0.0769. The summed E-state index contributed by atoms with van der Waals surface area (Å²) in [4.78, 5) is 15.7. The van der Waals surface area contributed by atoms with Crippen LogP contribution in [0.15, 0.2) is 36.5 Å². The van der Waals surface area contributed by atoms with Crippen LogP contribution < -0.4 is 10.1 Å². The molecule has 1 aromatic heterocycles. The van der Waals surface area contributed by atoms with Gasteiger partial charge < -0.3 is 15.2 Å². The molecule has 98 valence electrons. The van der Waals surface area contributed by atoms with Crippen LogP contribution in [-0.4, -0.2) is 23.1 Å². The smallest absolute Gasteiger partial charge is 0.262 e. The minimum atomic E-state index is -0.793. The lowest BCUT2D eigenvalue weighted by Crippen LogP contribution is -2.14. The van der Waals surface area contributed by atoms with E-state index in [9.17, 15) is 14.3 Å². The van der Waals surface area contributed by atoms with Gasteiger partial charge in [-0.1, -0.05) is 6.07 Å². The molecule has 0 fully saturated rings. The van der Waals surface area contributed by atoms with Crippen molar-refractivity contribution in [3.05, 3.63) is 47.9 Å². The van der Waals surface area contributed by atoms with E-state index < -0.39 is 23.0 Å². The number of phenolic OH excluding ortho intramolecular Hbond substituents is 1. The molecular weight excluding hydrogens is 251 g/mol. The topological polar surface area (TPSA) is 71.5 Å². The van der Waals surface area contributed by atoms with Crippen LogP contribution in [0.4, 0.5) is 10.1 Å². The molecular formula is C13H11FN2O3. The SMILES string of the molecule is COc1ccc(NC(=O)c2c(O)cccc2F)cn1. The second kappa shape index (κ2) is 5.34. The second-order valence-electron chi connectivity index (χ2n) is 3.68. The lowest BCUT2D eigenvalue weighted by atomic mass is 10.1. The van der Waals surface area contributed by atoms with Gasteiger partial charge in [0.25, 0.3) is 5.91 Å². The first-order valence-electron chi connectivity index (χ1n) is 5.40. The van der Waals surface area contributed by atoms with Gasteiger partial charge in [0.1, 0.15) is 17.1 Å². The zero-order chi connectivity index (χ0) is 13.8. The first-order chi connectivity index (χ1) is 9.11. The number of ether oxygens (including phenoxy) is 1. The summed E-state index contributed by atoms with van der Waals surface area (Å²) in [5.41, 5.74) is -0.0354. The second-order valence-corrected chi connectivity index (χ2v) is 3.68. The van der Waals surface area contributed by atoms with Crippen molar-refractivity contribution in [3.63, 3.8) is 0 Å². The van der Waals surface area contributed by atoms with Gasteiger partial charge in [-0.2, -0.15) is 0 Å². The number of anilines is 1. The van der Waals surface area contributed by atoms with Crippen LogP contribution in [0, 0.1) is 5.82 Å². The number of rotatable bonds is 3. The minimum absolute atomic E-state index is 0.369. The number of hydrogen-bond donors (Lipinski definition) is 2. The Labute approximate surface area is 108 Å². The van der Waals surface area contributed by atoms with E-state index in [0.717, 1.165) is 6.07 Å². The molecule has 0 aliphatic rings. The first kappa shape index (κ1) is 12.8. The molecule has 0 aliphatic heterocycles. The van der Waals surface area contributed by atoms with Crippen LogP contribution in [-0.2, 0) is 0 Å². The van der Waals surface area contributed by atoms with Gasteiger partial charge in [-0.3, -0.25) is 4.79 Å². The summed E-state index contributed by atoms with van der Waals surface area (Å²) in [5.74, 6) is -1.56. The molecule has 2 rings (SSSR count). The Morgan fingerprint density at radius 2 is 2.16 bits per heavy atom. The van der Waals surface area contributed by atoms with Gasteiger partial charge in [0.15, 0.2) is 0 Å². The van der Waals surface area contributed by atoms with Crippen molar-refractivity contribution in [2.45, 2.75) is 0 Å². The summed E-state index contributed by atoms with van der Waals surface area (Å²) in [6.07, 6.45) is 1.37. The van der Waals surface area contributed by atoms with Gasteiger partial charge in [-0.05, 0) is 18.2 Å². The molecule has 0 aliphatic carbocycles. The number of methoxy groups -OCH3 is 1. The summed E-state index contributed by atoms with van der Waals surface area (Å²) < 4.78 is 18.3. The highest BCUT2D eigenvalue weighted by Crippen LogP contribution is 2.21. The molecule has 1 amide bonds. The molecule has 5 nitrogen and oxygen atoms in total. The Morgan fingerprint density at radius 1 is 1.37 bits per heavy atom. The standard InChI is InChI=1S/C13H11FN2O3/c1-19-11-6-5-8(7-15-11)16-13(18)12-9(14)3-2-4-10(12)17/h2-7,17H,1H3,(H,16,18). The molecule has 1 aromatic carbocycles. The molecule has 2 N–H and O–H groups in total. The predicted octanol–water partition coefficient (Wildman–Crippen LogP) is 2.19. The first-order valence-corrected chi connectivity index (χ1v) is 5.40. The van der Waals surface area contributed by atoms with Crippen molar-refractivity contribution >= 4 is 11.6 Å². The third kappa shape index (κ3) is 2.79. The molecule has 0 saturated heterocycles. The van der Waals surface area contributed by atoms with Crippen molar-refractivity contribution in [2.24, 2.45) is 0 Å². The molecule has 2 aromatic rings. The molecule has 0 saturated carbocycles. The average molecular weight is 262 g/mol. The van der Waals surface area contributed by atoms with Crippen LogP contribution in [0.5, 0.6) is 11.6 Å². The molecule has 1 heterocycles. The number of pyridine rings is 1. The molecule has 19 heavy (non-hydrogen) atoms. The van der Waals surface area contributed by atoms with E-state index in [2.05, 4.69) is 10.3 Å². The molecule has 6 heteroatoms. The Hall–Kier alpha value is -2.63. The van der Waals surface area contributed by atoms with Crippen molar-refractivity contribution in [1.82, 2.24) is 4.98 Å². The van der Waals surface area contributed by atoms with E-state index in [4.69, 9.17) is 4.74 Å². The number of benzene rings is 1. The van der Waals surface area contributed by atoms with Crippen molar-refractivity contribution in [1.29, 1.82) is 0 Å². The maximum absolute atomic E-state index is 13.5. The lowest BCUT2D eigenvalue weighted by Gasteiger charge is -2.07. The third-order valence-corrected chi connectivity index (χ3v) is 2.42. The summed E-state index contributed by atoms with van der Waals surface area (Å²) >= 11 is 0. The molecule has 0 unspecified atom stereocenters. The maximum atomic E-state index is 13.5. The van der Waals surface area contributed by atoms with Crippen molar-refractivity contribution < 1.29 is 19.0 Å². The number of amides is 1. The number of phenols is 1. The number of nitrogens with one attached hydrogen (secondary N) is 1. The number of carbonyl (C=O) groups excluding carboxylic acids is 1. The van der Waals surface area contributed by atoms with E-state index in [1.807, 2.05) is 0 Å². The largest absolute Gasteiger partial charge is 0.507 e. The number of aromatic nitrogens is 1. The van der Waals surface area contributed by atoms with Gasteiger partial charge in [0, 0.05) is 6.07 Å². The van der Waals surface area contributed by atoms with Crippen molar-refractivity contribution in [3.8, 4) is 11.6 Å². The zero-order valence-electron chi connectivity index (χ0n) is 10.1. The van der Waals surface area contributed by atoms with E-state index in [0.29, 0.717) is 11.6 Å². The Balaban J connectivity index is 2.21. The number of halogens is 1. The fourth-order valence-electron chi connectivity index (χ4n) is 1.51. The normalized spacial score (nSPS) is 10.0. The predicted molar refractivity (Wildman–Crippen MR) is 66.8 cm³/mol. The van der Waals surface area contributed by atoms with Crippen LogP contribution in [0.2, 0.25) is 0 Å². The third-order valence-electron chi connectivity index (χ3n) is 2.42. The monoisotopic (exact) mass is 262 g/mol. The summed E-state index contributed by atoms with van der Waals surface area (Å²) in [6, 6.07) is 6.76. The van der Waals surface area contributed by atoms with Gasteiger partial charge in [-0.15, -0.1) is 0 Å². The summed E-state index contributed by atoms with van der Waals surface area (Å²) in [7, 11) is 1.47. The highest BCUT2D eigenvalue weighted by molar-refractivity contribution is 6.06.